The molecule has 0 N–H and O–H groups in total. The summed E-state index contributed by atoms with van der Waals surface area (Å²) >= 11 is 1.50. The standard InChI is InChI=1S/C20H17N3O3S/c1-11-4-14(18-15(5-11)22-13(8-21-18)10-25-2)20-23-19-16(26-3)6-12(9-24)7-17(19)27-20/h4-9H,10H2,1-3H3. The molecule has 0 saturated heterocycles. The maximum atomic E-state index is 11.2. The van der Waals surface area contributed by atoms with E-state index in [1.54, 1.807) is 26.5 Å². The lowest BCUT2D eigenvalue weighted by Gasteiger charge is -2.06. The van der Waals surface area contributed by atoms with Gasteiger partial charge in [-0.3, -0.25) is 9.78 Å². The summed E-state index contributed by atoms with van der Waals surface area (Å²) in [5, 5.41) is 0.814. The van der Waals surface area contributed by atoms with Gasteiger partial charge in [0.15, 0.2) is 0 Å². The van der Waals surface area contributed by atoms with E-state index in [4.69, 9.17) is 14.5 Å². The molecule has 7 heteroatoms. The molecule has 2 aromatic heterocycles. The van der Waals surface area contributed by atoms with Crippen LogP contribution in [0, 0.1) is 6.92 Å². The number of ether oxygens (including phenoxy) is 2. The molecule has 0 amide bonds. The summed E-state index contributed by atoms with van der Waals surface area (Å²) in [6.07, 6.45) is 2.54. The Labute approximate surface area is 159 Å². The van der Waals surface area contributed by atoms with E-state index in [0.29, 0.717) is 17.9 Å². The summed E-state index contributed by atoms with van der Waals surface area (Å²) in [7, 11) is 3.21. The first-order valence-electron chi connectivity index (χ1n) is 8.32. The third kappa shape index (κ3) is 3.15. The van der Waals surface area contributed by atoms with Gasteiger partial charge in [0.25, 0.3) is 0 Å². The Morgan fingerprint density at radius 2 is 1.96 bits per heavy atom. The van der Waals surface area contributed by atoms with Crippen LogP contribution >= 0.6 is 11.3 Å². The van der Waals surface area contributed by atoms with Crippen molar-refractivity contribution in [2.75, 3.05) is 14.2 Å². The van der Waals surface area contributed by atoms with Crippen LogP contribution in [0.4, 0.5) is 0 Å². The Bertz CT molecular complexity index is 1170. The number of aromatic nitrogens is 3. The van der Waals surface area contributed by atoms with Crippen molar-refractivity contribution in [3.05, 3.63) is 47.3 Å². The molecule has 4 rings (SSSR count). The summed E-state index contributed by atoms with van der Waals surface area (Å²) in [4.78, 5) is 25.2. The second kappa shape index (κ2) is 7.02. The van der Waals surface area contributed by atoms with Crippen molar-refractivity contribution in [1.82, 2.24) is 15.0 Å². The molecule has 136 valence electrons. The number of carbonyl (C=O) groups is 1. The van der Waals surface area contributed by atoms with Crippen molar-refractivity contribution in [3.8, 4) is 16.3 Å². The van der Waals surface area contributed by atoms with E-state index in [1.807, 2.05) is 19.1 Å². The minimum absolute atomic E-state index is 0.416. The first kappa shape index (κ1) is 17.5. The third-order valence-corrected chi connectivity index (χ3v) is 5.24. The van der Waals surface area contributed by atoms with Crippen LogP contribution in [0.15, 0.2) is 30.5 Å². The molecule has 0 radical (unpaired) electrons. The number of rotatable bonds is 5. The van der Waals surface area contributed by atoms with Crippen molar-refractivity contribution in [2.45, 2.75) is 13.5 Å². The zero-order chi connectivity index (χ0) is 19.0. The van der Waals surface area contributed by atoms with Gasteiger partial charge in [-0.05, 0) is 36.8 Å². The third-order valence-electron chi connectivity index (χ3n) is 4.20. The average molecular weight is 379 g/mol. The Morgan fingerprint density at radius 3 is 2.70 bits per heavy atom. The van der Waals surface area contributed by atoms with E-state index in [9.17, 15) is 4.79 Å². The maximum absolute atomic E-state index is 11.2. The monoisotopic (exact) mass is 379 g/mol. The van der Waals surface area contributed by atoms with Crippen molar-refractivity contribution in [1.29, 1.82) is 0 Å². The van der Waals surface area contributed by atoms with Crippen LogP contribution in [0.5, 0.6) is 5.75 Å². The van der Waals surface area contributed by atoms with E-state index in [0.717, 1.165) is 49.4 Å². The van der Waals surface area contributed by atoms with Gasteiger partial charge in [-0.1, -0.05) is 0 Å². The Hall–Kier alpha value is -2.90. The fourth-order valence-electron chi connectivity index (χ4n) is 3.04. The normalized spacial score (nSPS) is 11.2. The predicted molar refractivity (Wildman–Crippen MR) is 106 cm³/mol. The lowest BCUT2D eigenvalue weighted by Crippen LogP contribution is -1.96. The number of benzene rings is 2. The van der Waals surface area contributed by atoms with E-state index in [2.05, 4.69) is 16.0 Å². The number of thiazole rings is 1. The lowest BCUT2D eigenvalue weighted by molar-refractivity contribution is 0.112. The average Bonchev–Trinajstić information content (AvgIpc) is 3.10. The van der Waals surface area contributed by atoms with Gasteiger partial charge in [-0.15, -0.1) is 11.3 Å². The number of aryl methyl sites for hydroxylation is 1. The van der Waals surface area contributed by atoms with Gasteiger partial charge in [0.1, 0.15) is 22.6 Å². The van der Waals surface area contributed by atoms with Gasteiger partial charge >= 0.3 is 0 Å². The molecule has 6 nitrogen and oxygen atoms in total. The quantitative estimate of drug-likeness (QED) is 0.484. The molecule has 0 aliphatic heterocycles. The van der Waals surface area contributed by atoms with Crippen molar-refractivity contribution in [3.63, 3.8) is 0 Å². The molecule has 0 bridgehead atoms. The topological polar surface area (TPSA) is 74.2 Å². The molecule has 4 aromatic rings. The Morgan fingerprint density at radius 1 is 1.11 bits per heavy atom. The predicted octanol–water partition coefficient (Wildman–Crippen LogP) is 4.18. The van der Waals surface area contributed by atoms with Crippen LogP contribution in [0.25, 0.3) is 31.8 Å². The van der Waals surface area contributed by atoms with Gasteiger partial charge in [0.2, 0.25) is 0 Å². The van der Waals surface area contributed by atoms with E-state index in [1.165, 1.54) is 11.3 Å². The molecule has 0 aliphatic carbocycles. The van der Waals surface area contributed by atoms with Crippen molar-refractivity contribution >= 4 is 38.9 Å². The van der Waals surface area contributed by atoms with E-state index in [-0.39, 0.29) is 0 Å². The zero-order valence-corrected chi connectivity index (χ0v) is 16.0. The number of hydrogen-bond acceptors (Lipinski definition) is 7. The van der Waals surface area contributed by atoms with Gasteiger partial charge in [-0.2, -0.15) is 0 Å². The highest BCUT2D eigenvalue weighted by atomic mass is 32.1. The fraction of sp³-hybridized carbons (Fsp3) is 0.200. The first-order valence-corrected chi connectivity index (χ1v) is 9.14. The first-order chi connectivity index (χ1) is 13.1. The maximum Gasteiger partial charge on any atom is 0.150 e. The number of carbonyl (C=O) groups excluding carboxylic acids is 1. The minimum atomic E-state index is 0.416. The molecule has 0 atom stereocenters. The van der Waals surface area contributed by atoms with Crippen LogP contribution in [0.2, 0.25) is 0 Å². The molecule has 27 heavy (non-hydrogen) atoms. The highest BCUT2D eigenvalue weighted by Crippen LogP contribution is 2.38. The summed E-state index contributed by atoms with van der Waals surface area (Å²) in [5.41, 5.74) is 5.66. The second-order valence-electron chi connectivity index (χ2n) is 6.18. The minimum Gasteiger partial charge on any atom is -0.494 e. The van der Waals surface area contributed by atoms with Gasteiger partial charge in [0, 0.05) is 18.2 Å². The molecule has 0 saturated carbocycles. The summed E-state index contributed by atoms with van der Waals surface area (Å²) in [6, 6.07) is 7.58. The molecule has 0 unspecified atom stereocenters. The zero-order valence-electron chi connectivity index (χ0n) is 15.1. The van der Waals surface area contributed by atoms with Gasteiger partial charge < -0.3 is 9.47 Å². The van der Waals surface area contributed by atoms with E-state index < -0.39 is 0 Å². The van der Waals surface area contributed by atoms with Crippen LogP contribution < -0.4 is 4.74 Å². The smallest absolute Gasteiger partial charge is 0.150 e. The van der Waals surface area contributed by atoms with Crippen LogP contribution in [-0.2, 0) is 11.3 Å². The van der Waals surface area contributed by atoms with Gasteiger partial charge in [-0.25, -0.2) is 9.97 Å². The van der Waals surface area contributed by atoms with Crippen LogP contribution in [0.3, 0.4) is 0 Å². The highest BCUT2D eigenvalue weighted by Gasteiger charge is 2.16. The molecule has 0 fully saturated rings. The SMILES string of the molecule is COCc1cnc2c(-c3nc4c(OC)cc(C=O)cc4s3)cc(C)cc2n1. The Kier molecular flexibility index (Phi) is 4.55. The van der Waals surface area contributed by atoms with Crippen molar-refractivity contribution < 1.29 is 14.3 Å². The number of methoxy groups -OCH3 is 2. The number of aldehydes is 1. The van der Waals surface area contributed by atoms with Gasteiger partial charge in [0.05, 0.1) is 41.3 Å². The Balaban J connectivity index is 1.94. The number of fused-ring (bicyclic) bond motifs is 2. The number of nitrogens with zero attached hydrogens (tertiary/aromatic N) is 3. The molecule has 0 aliphatic rings. The van der Waals surface area contributed by atoms with E-state index >= 15 is 0 Å². The number of hydrogen-bond donors (Lipinski definition) is 0. The highest BCUT2D eigenvalue weighted by molar-refractivity contribution is 7.21. The summed E-state index contributed by atoms with van der Waals surface area (Å²) in [6.45, 7) is 2.44. The fourth-order valence-corrected chi connectivity index (χ4v) is 4.09. The molecule has 2 heterocycles. The molecule has 2 aromatic carbocycles. The van der Waals surface area contributed by atoms with Crippen LogP contribution in [-0.4, -0.2) is 35.5 Å². The van der Waals surface area contributed by atoms with Crippen molar-refractivity contribution in [2.24, 2.45) is 0 Å². The molecular weight excluding hydrogens is 362 g/mol. The summed E-state index contributed by atoms with van der Waals surface area (Å²) in [5.74, 6) is 0.586. The largest absolute Gasteiger partial charge is 0.494 e. The summed E-state index contributed by atoms with van der Waals surface area (Å²) < 4.78 is 11.5. The molecular formula is C20H17N3O3S. The molecule has 0 spiro atoms. The second-order valence-corrected chi connectivity index (χ2v) is 7.21. The lowest BCUT2D eigenvalue weighted by atomic mass is 10.1. The van der Waals surface area contributed by atoms with Crippen LogP contribution in [0.1, 0.15) is 21.6 Å².